The summed E-state index contributed by atoms with van der Waals surface area (Å²) in [5, 5.41) is 3.55. The highest BCUT2D eigenvalue weighted by Crippen LogP contribution is 2.41. The van der Waals surface area contributed by atoms with Crippen molar-refractivity contribution in [2.24, 2.45) is 11.8 Å². The molecule has 2 aliphatic heterocycles. The fourth-order valence-corrected chi connectivity index (χ4v) is 3.85. The van der Waals surface area contributed by atoms with E-state index in [0.717, 1.165) is 13.1 Å². The van der Waals surface area contributed by atoms with Crippen molar-refractivity contribution in [2.75, 3.05) is 19.6 Å². The average molecular weight is 297 g/mol. The van der Waals surface area contributed by atoms with Gasteiger partial charge in [0.15, 0.2) is 0 Å². The molecule has 0 aromatic heterocycles. The summed E-state index contributed by atoms with van der Waals surface area (Å²) in [7, 11) is 0. The van der Waals surface area contributed by atoms with Crippen LogP contribution in [-0.2, 0) is 0 Å². The first-order valence-corrected chi connectivity index (χ1v) is 7.27. The number of hydrogen-bond donors (Lipinski definition) is 1. The maximum Gasteiger partial charge on any atom is 0.258 e. The van der Waals surface area contributed by atoms with Gasteiger partial charge < -0.3 is 10.2 Å². The number of nitrogens with one attached hydrogen (secondary N) is 1. The van der Waals surface area contributed by atoms with Crippen LogP contribution in [0.2, 0.25) is 5.02 Å². The Labute approximate surface area is 123 Å². The highest BCUT2D eigenvalue weighted by Gasteiger charge is 2.51. The van der Waals surface area contributed by atoms with Gasteiger partial charge in [-0.2, -0.15) is 0 Å². The Balaban J connectivity index is 1.96. The number of carbonyl (C=O) groups excluding carboxylic acids is 1. The zero-order valence-corrected chi connectivity index (χ0v) is 12.4. The van der Waals surface area contributed by atoms with Crippen LogP contribution in [0.15, 0.2) is 18.2 Å². The third-order valence-corrected chi connectivity index (χ3v) is 5.10. The Kier molecular flexibility index (Phi) is 3.26. The lowest BCUT2D eigenvalue weighted by Crippen LogP contribution is -2.47. The van der Waals surface area contributed by atoms with Crippen molar-refractivity contribution in [3.05, 3.63) is 34.6 Å². The lowest BCUT2D eigenvalue weighted by molar-refractivity contribution is 0.0599. The minimum atomic E-state index is -0.548. The molecule has 1 aromatic rings. The van der Waals surface area contributed by atoms with Crippen LogP contribution >= 0.6 is 11.6 Å². The number of amides is 1. The van der Waals surface area contributed by atoms with Gasteiger partial charge in [0, 0.05) is 25.2 Å². The Morgan fingerprint density at radius 1 is 1.45 bits per heavy atom. The van der Waals surface area contributed by atoms with Crippen LogP contribution in [0.25, 0.3) is 0 Å². The van der Waals surface area contributed by atoms with Crippen LogP contribution in [0.4, 0.5) is 4.39 Å². The second kappa shape index (κ2) is 4.71. The summed E-state index contributed by atoms with van der Waals surface area (Å²) >= 11 is 6.02. The predicted octanol–water partition coefficient (Wildman–Crippen LogP) is 2.55. The summed E-state index contributed by atoms with van der Waals surface area (Å²) in [5.41, 5.74) is -0.285. The van der Waals surface area contributed by atoms with E-state index in [4.69, 9.17) is 11.6 Å². The first kappa shape index (κ1) is 13.8. The van der Waals surface area contributed by atoms with E-state index in [2.05, 4.69) is 19.2 Å². The van der Waals surface area contributed by atoms with E-state index in [-0.39, 0.29) is 22.0 Å². The normalized spacial score (nSPS) is 27.7. The summed E-state index contributed by atoms with van der Waals surface area (Å²) in [6, 6.07) is 4.36. The van der Waals surface area contributed by atoms with E-state index in [9.17, 15) is 9.18 Å². The van der Waals surface area contributed by atoms with Crippen LogP contribution in [0.3, 0.4) is 0 Å². The van der Waals surface area contributed by atoms with Gasteiger partial charge in [-0.3, -0.25) is 4.79 Å². The van der Waals surface area contributed by atoms with Crippen molar-refractivity contribution < 1.29 is 9.18 Å². The minimum absolute atomic E-state index is 0.00447. The molecule has 0 aliphatic carbocycles. The molecule has 20 heavy (non-hydrogen) atoms. The number of hydrogen-bond acceptors (Lipinski definition) is 2. The third kappa shape index (κ3) is 1.93. The van der Waals surface area contributed by atoms with Gasteiger partial charge in [0.05, 0.1) is 10.6 Å². The number of fused-ring (bicyclic) bond motifs is 1. The Morgan fingerprint density at radius 2 is 2.20 bits per heavy atom. The highest BCUT2D eigenvalue weighted by atomic mass is 35.5. The number of carbonyl (C=O) groups is 1. The quantitative estimate of drug-likeness (QED) is 0.864. The molecule has 2 unspecified atom stereocenters. The molecule has 108 valence electrons. The van der Waals surface area contributed by atoms with Gasteiger partial charge in [-0.25, -0.2) is 4.39 Å². The molecular weight excluding hydrogens is 279 g/mol. The van der Waals surface area contributed by atoms with Crippen LogP contribution < -0.4 is 5.32 Å². The number of halogens is 2. The fourth-order valence-electron chi connectivity index (χ4n) is 3.60. The second-order valence-electron chi connectivity index (χ2n) is 6.19. The van der Waals surface area contributed by atoms with Crippen molar-refractivity contribution in [2.45, 2.75) is 19.4 Å². The number of nitrogens with zero attached hydrogens (tertiary/aromatic N) is 1. The second-order valence-corrected chi connectivity index (χ2v) is 6.60. The monoisotopic (exact) mass is 296 g/mol. The van der Waals surface area contributed by atoms with Crippen LogP contribution in [-0.4, -0.2) is 36.0 Å². The van der Waals surface area contributed by atoms with E-state index in [1.54, 1.807) is 11.0 Å². The SMILES string of the molecule is CC1(C)C2CNCC2CN1C(=O)c1c(F)cccc1Cl. The molecule has 2 saturated heterocycles. The zero-order chi connectivity index (χ0) is 14.5. The van der Waals surface area contributed by atoms with Crippen molar-refractivity contribution >= 4 is 17.5 Å². The molecule has 0 radical (unpaired) electrons. The summed E-state index contributed by atoms with van der Waals surface area (Å²) in [5.74, 6) is 0.0116. The van der Waals surface area contributed by atoms with Gasteiger partial charge in [-0.05, 0) is 37.8 Å². The van der Waals surface area contributed by atoms with Gasteiger partial charge in [-0.15, -0.1) is 0 Å². The zero-order valence-electron chi connectivity index (χ0n) is 11.6. The molecule has 5 heteroatoms. The third-order valence-electron chi connectivity index (χ3n) is 4.78. The Bertz CT molecular complexity index is 541. The molecule has 1 N–H and O–H groups in total. The van der Waals surface area contributed by atoms with Crippen molar-refractivity contribution in [3.8, 4) is 0 Å². The molecule has 1 amide bonds. The lowest BCUT2D eigenvalue weighted by atomic mass is 9.84. The minimum Gasteiger partial charge on any atom is -0.333 e. The van der Waals surface area contributed by atoms with Crippen LogP contribution in [0.5, 0.6) is 0 Å². The molecule has 2 fully saturated rings. The molecule has 1 aromatic carbocycles. The number of likely N-dealkylation sites (tertiary alicyclic amines) is 1. The van der Waals surface area contributed by atoms with E-state index in [0.29, 0.717) is 18.4 Å². The molecule has 2 atom stereocenters. The average Bonchev–Trinajstić information content (AvgIpc) is 2.91. The highest BCUT2D eigenvalue weighted by molar-refractivity contribution is 6.33. The Morgan fingerprint density at radius 3 is 2.85 bits per heavy atom. The molecule has 0 spiro atoms. The first-order chi connectivity index (χ1) is 9.43. The molecular formula is C15H18ClFN2O. The molecule has 2 aliphatic rings. The van der Waals surface area contributed by atoms with Gasteiger partial charge in [-0.1, -0.05) is 17.7 Å². The molecule has 0 saturated carbocycles. The number of benzene rings is 1. The fraction of sp³-hybridized carbons (Fsp3) is 0.533. The van der Waals surface area contributed by atoms with Crippen molar-refractivity contribution in [1.82, 2.24) is 10.2 Å². The van der Waals surface area contributed by atoms with Gasteiger partial charge in [0.1, 0.15) is 5.82 Å². The summed E-state index contributed by atoms with van der Waals surface area (Å²) in [4.78, 5) is 14.5. The topological polar surface area (TPSA) is 32.3 Å². The molecule has 2 heterocycles. The van der Waals surface area contributed by atoms with E-state index >= 15 is 0 Å². The molecule has 3 rings (SSSR count). The van der Waals surface area contributed by atoms with Crippen LogP contribution in [0, 0.1) is 17.7 Å². The first-order valence-electron chi connectivity index (χ1n) is 6.89. The van der Waals surface area contributed by atoms with E-state index in [1.807, 2.05) is 0 Å². The van der Waals surface area contributed by atoms with Gasteiger partial charge in [0.25, 0.3) is 5.91 Å². The largest absolute Gasteiger partial charge is 0.333 e. The van der Waals surface area contributed by atoms with E-state index in [1.165, 1.54) is 12.1 Å². The summed E-state index contributed by atoms with van der Waals surface area (Å²) in [6.45, 7) is 6.60. The number of rotatable bonds is 1. The van der Waals surface area contributed by atoms with Gasteiger partial charge in [0.2, 0.25) is 0 Å². The van der Waals surface area contributed by atoms with Gasteiger partial charge >= 0.3 is 0 Å². The summed E-state index contributed by atoms with van der Waals surface area (Å²) in [6.07, 6.45) is 0. The van der Waals surface area contributed by atoms with E-state index < -0.39 is 5.82 Å². The van der Waals surface area contributed by atoms with Crippen molar-refractivity contribution in [3.63, 3.8) is 0 Å². The van der Waals surface area contributed by atoms with Crippen molar-refractivity contribution in [1.29, 1.82) is 0 Å². The maximum absolute atomic E-state index is 14.0. The summed E-state index contributed by atoms with van der Waals surface area (Å²) < 4.78 is 14.0. The van der Waals surface area contributed by atoms with Crippen LogP contribution in [0.1, 0.15) is 24.2 Å². The Hall–Kier alpha value is -1.13. The lowest BCUT2D eigenvalue weighted by Gasteiger charge is -2.35. The molecule has 3 nitrogen and oxygen atoms in total. The smallest absolute Gasteiger partial charge is 0.258 e. The maximum atomic E-state index is 14.0. The molecule has 0 bridgehead atoms. The predicted molar refractivity (Wildman–Crippen MR) is 76.4 cm³/mol. The standard InChI is InChI=1S/C15H18ClFN2O/c1-15(2)10-7-18-6-9(10)8-19(15)14(20)13-11(16)4-3-5-12(13)17/h3-5,9-10,18H,6-8H2,1-2H3.